The molecule has 0 unspecified atom stereocenters. The van der Waals surface area contributed by atoms with Crippen molar-refractivity contribution in [3.05, 3.63) is 30.0 Å². The Morgan fingerprint density at radius 3 is 2.73 bits per heavy atom. The van der Waals surface area contributed by atoms with E-state index in [0.717, 1.165) is 30.0 Å². The van der Waals surface area contributed by atoms with Crippen LogP contribution in [-0.4, -0.2) is 53.3 Å². The van der Waals surface area contributed by atoms with E-state index < -0.39 is 0 Å². The lowest BCUT2D eigenvalue weighted by atomic mass is 10.1. The standard InChI is InChI=1S/C18H20N6O2/c1-11-3-4-14(25-2)12(9-11)13-10-20-16-15(21-13)17(23-18(19)22-16)24-5-7-26-8-6-24/h3-4,9-10H,5-8H2,1-2H3,(H2,19,20,22,23). The summed E-state index contributed by atoms with van der Waals surface area (Å²) in [6.07, 6.45) is 1.69. The first-order chi connectivity index (χ1) is 12.7. The Hall–Kier alpha value is -3.00. The lowest BCUT2D eigenvalue weighted by molar-refractivity contribution is 0.122. The van der Waals surface area contributed by atoms with Gasteiger partial charge >= 0.3 is 0 Å². The molecule has 0 aliphatic carbocycles. The molecule has 1 aliphatic rings. The lowest BCUT2D eigenvalue weighted by Crippen LogP contribution is -2.37. The zero-order valence-corrected chi connectivity index (χ0v) is 14.8. The molecule has 1 fully saturated rings. The van der Waals surface area contributed by atoms with Crippen molar-refractivity contribution in [1.29, 1.82) is 0 Å². The number of morpholine rings is 1. The van der Waals surface area contributed by atoms with Crippen LogP contribution in [0, 0.1) is 6.92 Å². The van der Waals surface area contributed by atoms with Gasteiger partial charge in [-0.15, -0.1) is 0 Å². The molecule has 8 heteroatoms. The quantitative estimate of drug-likeness (QED) is 0.762. The van der Waals surface area contributed by atoms with Crippen LogP contribution in [0.25, 0.3) is 22.4 Å². The normalized spacial score (nSPS) is 14.6. The molecule has 3 aromatic rings. The van der Waals surface area contributed by atoms with Gasteiger partial charge in [-0.1, -0.05) is 11.6 Å². The maximum atomic E-state index is 5.88. The van der Waals surface area contributed by atoms with Crippen molar-refractivity contribution in [3.8, 4) is 17.0 Å². The lowest BCUT2D eigenvalue weighted by Gasteiger charge is -2.28. The summed E-state index contributed by atoms with van der Waals surface area (Å²) in [6.45, 7) is 4.77. The van der Waals surface area contributed by atoms with E-state index in [9.17, 15) is 0 Å². The van der Waals surface area contributed by atoms with Crippen molar-refractivity contribution in [2.24, 2.45) is 0 Å². The van der Waals surface area contributed by atoms with Gasteiger partial charge in [0, 0.05) is 18.7 Å². The van der Waals surface area contributed by atoms with Crippen LogP contribution in [0.3, 0.4) is 0 Å². The van der Waals surface area contributed by atoms with Crippen LogP contribution >= 0.6 is 0 Å². The molecule has 2 N–H and O–H groups in total. The molecular weight excluding hydrogens is 332 g/mol. The Labute approximate surface area is 151 Å². The zero-order valence-electron chi connectivity index (χ0n) is 14.8. The van der Waals surface area contributed by atoms with Crippen molar-refractivity contribution in [1.82, 2.24) is 19.9 Å². The molecule has 2 aromatic heterocycles. The highest BCUT2D eigenvalue weighted by molar-refractivity contribution is 5.86. The molecule has 0 bridgehead atoms. The number of fused-ring (bicyclic) bond motifs is 1. The minimum absolute atomic E-state index is 0.189. The number of anilines is 2. The number of aromatic nitrogens is 4. The summed E-state index contributed by atoms with van der Waals surface area (Å²) >= 11 is 0. The number of nitrogens with zero attached hydrogens (tertiary/aromatic N) is 5. The maximum Gasteiger partial charge on any atom is 0.224 e. The Morgan fingerprint density at radius 2 is 1.96 bits per heavy atom. The number of ether oxygens (including phenoxy) is 2. The summed E-state index contributed by atoms with van der Waals surface area (Å²) in [6, 6.07) is 5.96. The molecule has 134 valence electrons. The third kappa shape index (κ3) is 2.99. The van der Waals surface area contributed by atoms with E-state index in [-0.39, 0.29) is 5.95 Å². The first-order valence-electron chi connectivity index (χ1n) is 8.43. The first kappa shape index (κ1) is 16.5. The molecule has 0 radical (unpaired) electrons. The second kappa shape index (κ2) is 6.72. The molecule has 1 saturated heterocycles. The van der Waals surface area contributed by atoms with Crippen molar-refractivity contribution in [2.75, 3.05) is 44.0 Å². The van der Waals surface area contributed by atoms with E-state index in [2.05, 4.69) is 19.9 Å². The molecule has 1 aliphatic heterocycles. The van der Waals surface area contributed by atoms with Crippen LogP contribution in [0.2, 0.25) is 0 Å². The summed E-state index contributed by atoms with van der Waals surface area (Å²) in [4.78, 5) is 20.0. The van der Waals surface area contributed by atoms with Crippen molar-refractivity contribution in [3.63, 3.8) is 0 Å². The van der Waals surface area contributed by atoms with Gasteiger partial charge in [-0.25, -0.2) is 9.97 Å². The van der Waals surface area contributed by atoms with Crippen LogP contribution in [0.5, 0.6) is 5.75 Å². The Balaban J connectivity index is 1.89. The predicted octanol–water partition coefficient (Wildman–Crippen LogP) is 1.82. The number of nitrogen functional groups attached to an aromatic ring is 1. The van der Waals surface area contributed by atoms with E-state index >= 15 is 0 Å². The number of methoxy groups -OCH3 is 1. The highest BCUT2D eigenvalue weighted by atomic mass is 16.5. The minimum Gasteiger partial charge on any atom is -0.496 e. The number of rotatable bonds is 3. The number of benzene rings is 1. The molecule has 0 spiro atoms. The van der Waals surface area contributed by atoms with Crippen molar-refractivity contribution in [2.45, 2.75) is 6.92 Å². The molecular formula is C18H20N6O2. The average Bonchev–Trinajstić information content (AvgIpc) is 2.67. The molecule has 4 rings (SSSR count). The van der Waals surface area contributed by atoms with E-state index in [0.29, 0.717) is 35.9 Å². The van der Waals surface area contributed by atoms with Gasteiger partial charge in [-0.2, -0.15) is 9.97 Å². The SMILES string of the molecule is COc1ccc(C)cc1-c1cnc2nc(N)nc(N3CCOCC3)c2n1. The predicted molar refractivity (Wildman–Crippen MR) is 99.3 cm³/mol. The van der Waals surface area contributed by atoms with Gasteiger partial charge < -0.3 is 20.1 Å². The smallest absolute Gasteiger partial charge is 0.224 e. The summed E-state index contributed by atoms with van der Waals surface area (Å²) in [5.41, 5.74) is 9.69. The summed E-state index contributed by atoms with van der Waals surface area (Å²) in [5, 5.41) is 0. The van der Waals surface area contributed by atoms with Gasteiger partial charge in [0.2, 0.25) is 5.95 Å². The molecule has 0 amide bonds. The largest absolute Gasteiger partial charge is 0.496 e. The second-order valence-corrected chi connectivity index (χ2v) is 6.14. The fraction of sp³-hybridized carbons (Fsp3) is 0.333. The van der Waals surface area contributed by atoms with E-state index in [1.165, 1.54) is 0 Å². The monoisotopic (exact) mass is 352 g/mol. The number of aryl methyl sites for hydroxylation is 1. The van der Waals surface area contributed by atoms with Crippen LogP contribution in [0.1, 0.15) is 5.56 Å². The molecule has 1 aromatic carbocycles. The molecule has 3 heterocycles. The van der Waals surface area contributed by atoms with Crippen molar-refractivity contribution >= 4 is 22.9 Å². The van der Waals surface area contributed by atoms with Gasteiger partial charge in [0.05, 0.1) is 32.2 Å². The molecule has 0 saturated carbocycles. The highest BCUT2D eigenvalue weighted by Gasteiger charge is 2.20. The third-order valence-electron chi connectivity index (χ3n) is 4.35. The Morgan fingerprint density at radius 1 is 1.15 bits per heavy atom. The zero-order chi connectivity index (χ0) is 18.1. The number of hydrogen-bond donors (Lipinski definition) is 1. The average molecular weight is 352 g/mol. The van der Waals surface area contributed by atoms with Gasteiger partial charge in [0.15, 0.2) is 17.0 Å². The Kier molecular flexibility index (Phi) is 4.26. The van der Waals surface area contributed by atoms with Crippen LogP contribution < -0.4 is 15.4 Å². The Bertz CT molecular complexity index is 956. The molecule has 8 nitrogen and oxygen atoms in total. The van der Waals surface area contributed by atoms with Gasteiger partial charge in [-0.3, -0.25) is 0 Å². The van der Waals surface area contributed by atoms with Crippen LogP contribution in [-0.2, 0) is 4.74 Å². The summed E-state index contributed by atoms with van der Waals surface area (Å²) < 4.78 is 10.9. The second-order valence-electron chi connectivity index (χ2n) is 6.14. The van der Waals surface area contributed by atoms with Gasteiger partial charge in [0.25, 0.3) is 0 Å². The number of nitrogens with two attached hydrogens (primary N) is 1. The van der Waals surface area contributed by atoms with Gasteiger partial charge in [0.1, 0.15) is 5.75 Å². The summed E-state index contributed by atoms with van der Waals surface area (Å²) in [7, 11) is 1.64. The maximum absolute atomic E-state index is 5.88. The molecule has 26 heavy (non-hydrogen) atoms. The summed E-state index contributed by atoms with van der Waals surface area (Å²) in [5.74, 6) is 1.62. The van der Waals surface area contributed by atoms with Crippen LogP contribution in [0.4, 0.5) is 11.8 Å². The highest BCUT2D eigenvalue weighted by Crippen LogP contribution is 2.31. The van der Waals surface area contributed by atoms with E-state index in [4.69, 9.17) is 20.2 Å². The third-order valence-corrected chi connectivity index (χ3v) is 4.35. The van der Waals surface area contributed by atoms with Crippen LogP contribution in [0.15, 0.2) is 24.4 Å². The van der Waals surface area contributed by atoms with E-state index in [1.54, 1.807) is 13.3 Å². The molecule has 0 atom stereocenters. The van der Waals surface area contributed by atoms with E-state index in [1.807, 2.05) is 25.1 Å². The van der Waals surface area contributed by atoms with Gasteiger partial charge in [-0.05, 0) is 19.1 Å². The number of hydrogen-bond acceptors (Lipinski definition) is 8. The van der Waals surface area contributed by atoms with Crippen molar-refractivity contribution < 1.29 is 9.47 Å². The minimum atomic E-state index is 0.189. The fourth-order valence-corrected chi connectivity index (χ4v) is 3.06. The first-order valence-corrected chi connectivity index (χ1v) is 8.43. The topological polar surface area (TPSA) is 99.3 Å². The fourth-order valence-electron chi connectivity index (χ4n) is 3.06.